The smallest absolute Gasteiger partial charge is 0.0768 e. The highest BCUT2D eigenvalue weighted by Gasteiger charge is 1.99. The van der Waals surface area contributed by atoms with Crippen molar-refractivity contribution in [2.24, 2.45) is 0 Å². The standard InChI is InChI=1S/C24H51N/c1-4-6-7-8-9-10-11-12-13-14-15-16-17-18-19-20-21-22-24-25(3)23-5-2/h4-24H2,1-3H3/p+1. The van der Waals surface area contributed by atoms with Gasteiger partial charge in [0.05, 0.1) is 20.1 Å². The van der Waals surface area contributed by atoms with Gasteiger partial charge in [-0.3, -0.25) is 0 Å². The summed E-state index contributed by atoms with van der Waals surface area (Å²) in [7, 11) is 2.34. The summed E-state index contributed by atoms with van der Waals surface area (Å²) in [6.07, 6.45) is 27.8. The van der Waals surface area contributed by atoms with Crippen molar-refractivity contribution < 1.29 is 4.90 Å². The molecule has 0 amide bonds. The average molecular weight is 355 g/mol. The van der Waals surface area contributed by atoms with Gasteiger partial charge >= 0.3 is 0 Å². The van der Waals surface area contributed by atoms with Crippen LogP contribution < -0.4 is 4.90 Å². The molecule has 1 N–H and O–H groups in total. The van der Waals surface area contributed by atoms with Crippen LogP contribution in [0.4, 0.5) is 0 Å². The molecular formula is C24H52N+. The molecule has 0 radical (unpaired) electrons. The second-order valence-electron chi connectivity index (χ2n) is 8.47. The molecule has 0 spiro atoms. The Hall–Kier alpha value is -0.0400. The van der Waals surface area contributed by atoms with E-state index in [0.29, 0.717) is 0 Å². The molecule has 0 rings (SSSR count). The lowest BCUT2D eigenvalue weighted by atomic mass is 10.0. The van der Waals surface area contributed by atoms with Crippen LogP contribution in [0.15, 0.2) is 0 Å². The first-order valence-corrected chi connectivity index (χ1v) is 12.1. The number of unbranched alkanes of at least 4 members (excludes halogenated alkanes) is 17. The first-order chi connectivity index (χ1) is 12.3. The van der Waals surface area contributed by atoms with Crippen LogP contribution in [-0.2, 0) is 0 Å². The number of hydrogen-bond acceptors (Lipinski definition) is 0. The summed E-state index contributed by atoms with van der Waals surface area (Å²) in [4.78, 5) is 1.72. The van der Waals surface area contributed by atoms with E-state index in [1.165, 1.54) is 135 Å². The van der Waals surface area contributed by atoms with Crippen LogP contribution >= 0.6 is 0 Å². The van der Waals surface area contributed by atoms with Crippen molar-refractivity contribution in [3.8, 4) is 0 Å². The molecule has 0 aromatic rings. The van der Waals surface area contributed by atoms with Gasteiger partial charge in [0, 0.05) is 0 Å². The Morgan fingerprint density at radius 2 is 0.680 bits per heavy atom. The van der Waals surface area contributed by atoms with Crippen molar-refractivity contribution in [1.82, 2.24) is 0 Å². The predicted molar refractivity (Wildman–Crippen MR) is 116 cm³/mol. The Balaban J connectivity index is 3.00. The molecule has 152 valence electrons. The fourth-order valence-electron chi connectivity index (χ4n) is 3.88. The zero-order valence-electron chi connectivity index (χ0n) is 18.3. The molecule has 1 nitrogen and oxygen atoms in total. The molecule has 0 aromatic carbocycles. The molecular weight excluding hydrogens is 302 g/mol. The van der Waals surface area contributed by atoms with Crippen molar-refractivity contribution in [2.75, 3.05) is 20.1 Å². The summed E-state index contributed by atoms with van der Waals surface area (Å²) >= 11 is 0. The molecule has 0 aliphatic heterocycles. The molecule has 1 unspecified atom stereocenters. The van der Waals surface area contributed by atoms with Crippen molar-refractivity contribution in [3.05, 3.63) is 0 Å². The van der Waals surface area contributed by atoms with Crippen LogP contribution in [0.1, 0.15) is 136 Å². The lowest BCUT2D eigenvalue weighted by Crippen LogP contribution is -3.08. The summed E-state index contributed by atoms with van der Waals surface area (Å²) < 4.78 is 0. The van der Waals surface area contributed by atoms with Crippen molar-refractivity contribution in [2.45, 2.75) is 136 Å². The molecule has 0 heterocycles. The quantitative estimate of drug-likeness (QED) is 0.213. The van der Waals surface area contributed by atoms with Gasteiger partial charge in [-0.15, -0.1) is 0 Å². The third-order valence-electron chi connectivity index (χ3n) is 5.63. The number of nitrogens with one attached hydrogen (secondary N) is 1. The van der Waals surface area contributed by atoms with E-state index in [0.717, 1.165) is 0 Å². The van der Waals surface area contributed by atoms with Crippen LogP contribution in [0.25, 0.3) is 0 Å². The summed E-state index contributed by atoms with van der Waals surface area (Å²) in [5, 5.41) is 0. The summed E-state index contributed by atoms with van der Waals surface area (Å²) in [6, 6.07) is 0. The SMILES string of the molecule is CCCCCCCCCCCCCCCCCCCC[NH+](C)CCC. The van der Waals surface area contributed by atoms with E-state index in [9.17, 15) is 0 Å². The highest BCUT2D eigenvalue weighted by Crippen LogP contribution is 2.14. The normalized spacial score (nSPS) is 12.6. The molecule has 0 saturated heterocycles. The van der Waals surface area contributed by atoms with Crippen molar-refractivity contribution >= 4 is 0 Å². The molecule has 0 saturated carbocycles. The first kappa shape index (κ1) is 25.0. The van der Waals surface area contributed by atoms with E-state index >= 15 is 0 Å². The molecule has 0 aliphatic rings. The highest BCUT2D eigenvalue weighted by atomic mass is 15.1. The van der Waals surface area contributed by atoms with Gasteiger partial charge < -0.3 is 4.90 Å². The van der Waals surface area contributed by atoms with E-state index in [2.05, 4.69) is 20.9 Å². The Kier molecular flexibility index (Phi) is 22.0. The zero-order chi connectivity index (χ0) is 18.4. The van der Waals surface area contributed by atoms with Crippen LogP contribution in [0.5, 0.6) is 0 Å². The topological polar surface area (TPSA) is 4.44 Å². The fourth-order valence-corrected chi connectivity index (χ4v) is 3.88. The summed E-state index contributed by atoms with van der Waals surface area (Å²) in [5.74, 6) is 0. The number of quaternary nitrogens is 1. The minimum atomic E-state index is 1.32. The van der Waals surface area contributed by atoms with Crippen LogP contribution in [0.3, 0.4) is 0 Å². The average Bonchev–Trinajstić information content (AvgIpc) is 2.61. The van der Waals surface area contributed by atoms with Crippen molar-refractivity contribution in [1.29, 1.82) is 0 Å². The second kappa shape index (κ2) is 22.0. The van der Waals surface area contributed by atoms with Gasteiger partial charge in [0.15, 0.2) is 0 Å². The molecule has 0 aromatic heterocycles. The maximum absolute atomic E-state index is 2.34. The third kappa shape index (κ3) is 21.9. The zero-order valence-corrected chi connectivity index (χ0v) is 18.3. The molecule has 25 heavy (non-hydrogen) atoms. The van der Waals surface area contributed by atoms with Crippen LogP contribution in [-0.4, -0.2) is 20.1 Å². The van der Waals surface area contributed by atoms with Gasteiger partial charge in [-0.25, -0.2) is 0 Å². The maximum atomic E-state index is 2.34. The minimum absolute atomic E-state index is 1.32. The monoisotopic (exact) mass is 354 g/mol. The van der Waals surface area contributed by atoms with Crippen LogP contribution in [0.2, 0.25) is 0 Å². The van der Waals surface area contributed by atoms with E-state index in [1.54, 1.807) is 4.90 Å². The Morgan fingerprint density at radius 3 is 1.00 bits per heavy atom. The molecule has 1 heteroatoms. The van der Waals surface area contributed by atoms with Crippen molar-refractivity contribution in [3.63, 3.8) is 0 Å². The Morgan fingerprint density at radius 1 is 0.360 bits per heavy atom. The first-order valence-electron chi connectivity index (χ1n) is 12.1. The summed E-state index contributed by atoms with van der Waals surface area (Å²) in [5.41, 5.74) is 0. The number of hydrogen-bond donors (Lipinski definition) is 1. The largest absolute Gasteiger partial charge is 0.337 e. The number of rotatable bonds is 21. The molecule has 0 bridgehead atoms. The van der Waals surface area contributed by atoms with Gasteiger partial charge in [-0.2, -0.15) is 0 Å². The van der Waals surface area contributed by atoms with Gasteiger partial charge in [0.1, 0.15) is 0 Å². The molecule has 0 aliphatic carbocycles. The molecule has 1 atom stereocenters. The van der Waals surface area contributed by atoms with E-state index in [4.69, 9.17) is 0 Å². The van der Waals surface area contributed by atoms with Gasteiger partial charge in [-0.1, -0.05) is 117 Å². The Labute approximate surface area is 161 Å². The predicted octanol–water partition coefficient (Wildman–Crippen LogP) is 6.95. The van der Waals surface area contributed by atoms with E-state index in [-0.39, 0.29) is 0 Å². The maximum Gasteiger partial charge on any atom is 0.0768 e. The summed E-state index contributed by atoms with van der Waals surface area (Å²) in [6.45, 7) is 7.32. The van der Waals surface area contributed by atoms with Gasteiger partial charge in [0.2, 0.25) is 0 Å². The van der Waals surface area contributed by atoms with E-state index in [1.807, 2.05) is 0 Å². The minimum Gasteiger partial charge on any atom is -0.337 e. The fraction of sp³-hybridized carbons (Fsp3) is 1.00. The second-order valence-corrected chi connectivity index (χ2v) is 8.47. The van der Waals surface area contributed by atoms with Crippen LogP contribution in [0, 0.1) is 0 Å². The lowest BCUT2D eigenvalue weighted by molar-refractivity contribution is -0.879. The van der Waals surface area contributed by atoms with Gasteiger partial charge in [0.25, 0.3) is 0 Å². The third-order valence-corrected chi connectivity index (χ3v) is 5.63. The Bertz CT molecular complexity index is 226. The molecule has 0 fully saturated rings. The van der Waals surface area contributed by atoms with E-state index < -0.39 is 0 Å². The lowest BCUT2D eigenvalue weighted by Gasteiger charge is -2.12. The van der Waals surface area contributed by atoms with Gasteiger partial charge in [-0.05, 0) is 19.3 Å². The highest BCUT2D eigenvalue weighted by molar-refractivity contribution is 4.50.